The third-order valence-corrected chi connectivity index (χ3v) is 4.08. The number of carboxylic acid groups (broad SMARTS) is 1. The molecule has 2 rings (SSSR count). The molecule has 1 amide bonds. The maximum absolute atomic E-state index is 12.3. The molecule has 1 aromatic carbocycles. The van der Waals surface area contributed by atoms with E-state index in [1.165, 1.54) is 11.8 Å². The summed E-state index contributed by atoms with van der Waals surface area (Å²) in [6.45, 7) is 0. The Morgan fingerprint density at radius 2 is 2.14 bits per heavy atom. The third-order valence-electron chi connectivity index (χ3n) is 3.14. The first kappa shape index (κ1) is 15.1. The highest BCUT2D eigenvalue weighted by atomic mass is 32.2. The summed E-state index contributed by atoms with van der Waals surface area (Å²) < 4.78 is 0. The van der Waals surface area contributed by atoms with Gasteiger partial charge < -0.3 is 10.4 Å². The van der Waals surface area contributed by atoms with Crippen molar-refractivity contribution in [1.82, 2.24) is 5.32 Å². The van der Waals surface area contributed by atoms with Crippen LogP contribution in [0.1, 0.15) is 16.8 Å². The zero-order valence-electron chi connectivity index (χ0n) is 11.2. The summed E-state index contributed by atoms with van der Waals surface area (Å²) in [4.78, 5) is 23.9. The summed E-state index contributed by atoms with van der Waals surface area (Å²) in [7, 11) is 0. The smallest absolute Gasteiger partial charge is 0.310 e. The van der Waals surface area contributed by atoms with Gasteiger partial charge in [0, 0.05) is 10.9 Å². The maximum Gasteiger partial charge on any atom is 0.310 e. The lowest BCUT2D eigenvalue weighted by atomic mass is 10.1. The van der Waals surface area contributed by atoms with Gasteiger partial charge in [0.1, 0.15) is 0 Å². The summed E-state index contributed by atoms with van der Waals surface area (Å²) in [6.07, 6.45) is 3.68. The van der Waals surface area contributed by atoms with Gasteiger partial charge in [0.05, 0.1) is 23.3 Å². The molecule has 21 heavy (non-hydrogen) atoms. The average Bonchev–Trinajstić information content (AvgIpc) is 2.94. The van der Waals surface area contributed by atoms with Crippen molar-refractivity contribution < 1.29 is 14.7 Å². The number of hydrogen-bond donors (Lipinski definition) is 2. The minimum atomic E-state index is -0.882. The highest BCUT2D eigenvalue weighted by molar-refractivity contribution is 7.99. The molecule has 5 nitrogen and oxygen atoms in total. The Hall–Kier alpha value is -2.26. The number of hydrogen-bond acceptors (Lipinski definition) is 4. The molecule has 108 valence electrons. The summed E-state index contributed by atoms with van der Waals surface area (Å²) >= 11 is 1.30. The van der Waals surface area contributed by atoms with Crippen molar-refractivity contribution in [2.75, 3.05) is 5.75 Å². The number of nitrogens with zero attached hydrogens (tertiary/aromatic N) is 1. The van der Waals surface area contributed by atoms with Gasteiger partial charge in [0.25, 0.3) is 5.91 Å². The van der Waals surface area contributed by atoms with Crippen LogP contribution in [0.4, 0.5) is 0 Å². The first-order chi connectivity index (χ1) is 10.1. The summed E-state index contributed by atoms with van der Waals surface area (Å²) in [5.74, 6) is -1.41. The number of benzene rings is 1. The van der Waals surface area contributed by atoms with Crippen LogP contribution in [0.5, 0.6) is 0 Å². The first-order valence-electron chi connectivity index (χ1n) is 6.42. The summed E-state index contributed by atoms with van der Waals surface area (Å²) in [6, 6.07) is 8.82. The van der Waals surface area contributed by atoms with Crippen molar-refractivity contribution in [3.8, 4) is 6.07 Å². The van der Waals surface area contributed by atoms with Crippen molar-refractivity contribution in [3.63, 3.8) is 0 Å². The molecular weight excluding hydrogens is 288 g/mol. The lowest BCUT2D eigenvalue weighted by molar-refractivity contribution is -0.140. The predicted molar refractivity (Wildman–Crippen MR) is 78.9 cm³/mol. The van der Waals surface area contributed by atoms with Crippen LogP contribution in [0.25, 0.3) is 0 Å². The lowest BCUT2D eigenvalue weighted by Crippen LogP contribution is -2.33. The Bertz CT molecular complexity index is 622. The lowest BCUT2D eigenvalue weighted by Gasteiger charge is -2.13. The van der Waals surface area contributed by atoms with Gasteiger partial charge in [0.15, 0.2) is 0 Å². The molecule has 0 saturated carbocycles. The van der Waals surface area contributed by atoms with Gasteiger partial charge in [-0.15, -0.1) is 11.8 Å². The van der Waals surface area contributed by atoms with Crippen LogP contribution in [0, 0.1) is 17.2 Å². The number of carbonyl (C=O) groups excluding carboxylic acids is 1. The molecular formula is C15H14N2O3S. The SMILES string of the molecule is N#CCSc1ccccc1C(=O)NC1C=CC(C(=O)O)C1. The second kappa shape index (κ2) is 6.95. The normalized spacial score (nSPS) is 20.0. The van der Waals surface area contributed by atoms with Crippen LogP contribution in [0.3, 0.4) is 0 Å². The minimum absolute atomic E-state index is 0.253. The molecule has 6 heteroatoms. The molecule has 2 unspecified atom stereocenters. The van der Waals surface area contributed by atoms with E-state index in [9.17, 15) is 9.59 Å². The van der Waals surface area contributed by atoms with E-state index >= 15 is 0 Å². The standard InChI is InChI=1S/C15H14N2O3S/c16-7-8-21-13-4-2-1-3-12(13)14(18)17-11-6-5-10(9-11)15(19)20/h1-6,10-11H,8-9H2,(H,17,18)(H,19,20). The van der Waals surface area contributed by atoms with Crippen molar-refractivity contribution in [2.45, 2.75) is 17.4 Å². The molecule has 0 saturated heterocycles. The average molecular weight is 302 g/mol. The highest BCUT2D eigenvalue weighted by Gasteiger charge is 2.26. The van der Waals surface area contributed by atoms with Gasteiger partial charge in [-0.3, -0.25) is 9.59 Å². The quantitative estimate of drug-likeness (QED) is 0.642. The van der Waals surface area contributed by atoms with Gasteiger partial charge in [-0.05, 0) is 18.6 Å². The molecule has 0 bridgehead atoms. The zero-order valence-corrected chi connectivity index (χ0v) is 12.0. The number of aliphatic carboxylic acids is 1. The van der Waals surface area contributed by atoms with Crippen molar-refractivity contribution in [1.29, 1.82) is 5.26 Å². The van der Waals surface area contributed by atoms with Gasteiger partial charge in [-0.25, -0.2) is 0 Å². The van der Waals surface area contributed by atoms with E-state index in [0.29, 0.717) is 12.0 Å². The minimum Gasteiger partial charge on any atom is -0.481 e. The fraction of sp³-hybridized carbons (Fsp3) is 0.267. The zero-order chi connectivity index (χ0) is 15.2. The van der Waals surface area contributed by atoms with Crippen molar-refractivity contribution >= 4 is 23.6 Å². The molecule has 0 aromatic heterocycles. The number of nitriles is 1. The number of amides is 1. The maximum atomic E-state index is 12.3. The molecule has 0 radical (unpaired) electrons. The van der Waals surface area contributed by atoms with Crippen LogP contribution in [-0.4, -0.2) is 28.8 Å². The number of nitrogens with one attached hydrogen (secondary N) is 1. The summed E-state index contributed by atoms with van der Waals surface area (Å²) in [5.41, 5.74) is 0.505. The van der Waals surface area contributed by atoms with Crippen LogP contribution in [0.15, 0.2) is 41.3 Å². The number of thioether (sulfide) groups is 1. The van der Waals surface area contributed by atoms with E-state index in [4.69, 9.17) is 10.4 Å². The van der Waals surface area contributed by atoms with Gasteiger partial charge >= 0.3 is 5.97 Å². The van der Waals surface area contributed by atoms with Crippen LogP contribution in [-0.2, 0) is 4.79 Å². The monoisotopic (exact) mass is 302 g/mol. The highest BCUT2D eigenvalue weighted by Crippen LogP contribution is 2.23. The van der Waals surface area contributed by atoms with Crippen LogP contribution >= 0.6 is 11.8 Å². The topological polar surface area (TPSA) is 90.2 Å². The number of carbonyl (C=O) groups is 2. The first-order valence-corrected chi connectivity index (χ1v) is 7.41. The van der Waals surface area contributed by atoms with Gasteiger partial charge in [0.2, 0.25) is 0 Å². The Morgan fingerprint density at radius 3 is 2.81 bits per heavy atom. The largest absolute Gasteiger partial charge is 0.481 e. The van der Waals surface area contributed by atoms with Gasteiger partial charge in [-0.1, -0.05) is 24.3 Å². The Labute approximate surface area is 126 Å². The summed E-state index contributed by atoms with van der Waals surface area (Å²) in [5, 5.41) is 20.4. The van der Waals surface area contributed by atoms with E-state index in [2.05, 4.69) is 5.32 Å². The van der Waals surface area contributed by atoms with E-state index in [0.717, 1.165) is 4.90 Å². The second-order valence-corrected chi connectivity index (χ2v) is 5.61. The molecule has 0 heterocycles. The van der Waals surface area contributed by atoms with E-state index in [1.807, 2.05) is 12.1 Å². The third kappa shape index (κ3) is 3.86. The molecule has 1 aromatic rings. The number of rotatable bonds is 5. The Kier molecular flexibility index (Phi) is 5.01. The van der Waals surface area contributed by atoms with E-state index in [1.54, 1.807) is 30.4 Å². The molecule has 2 atom stereocenters. The molecule has 1 aliphatic carbocycles. The molecule has 0 aliphatic heterocycles. The molecule has 2 N–H and O–H groups in total. The molecule has 0 fully saturated rings. The van der Waals surface area contributed by atoms with Crippen LogP contribution in [0.2, 0.25) is 0 Å². The fourth-order valence-corrected chi connectivity index (χ4v) is 2.84. The molecule has 0 spiro atoms. The number of carboxylic acids is 1. The fourth-order valence-electron chi connectivity index (χ4n) is 2.13. The van der Waals surface area contributed by atoms with Crippen LogP contribution < -0.4 is 5.32 Å². The second-order valence-electron chi connectivity index (χ2n) is 4.59. The Morgan fingerprint density at radius 1 is 1.38 bits per heavy atom. The van der Waals surface area contributed by atoms with E-state index in [-0.39, 0.29) is 17.7 Å². The predicted octanol–water partition coefficient (Wildman–Crippen LogP) is 2.06. The van der Waals surface area contributed by atoms with Crippen molar-refractivity contribution in [3.05, 3.63) is 42.0 Å². The Balaban J connectivity index is 2.03. The van der Waals surface area contributed by atoms with Gasteiger partial charge in [-0.2, -0.15) is 5.26 Å². The van der Waals surface area contributed by atoms with Crippen molar-refractivity contribution in [2.24, 2.45) is 5.92 Å². The molecule has 1 aliphatic rings. The van der Waals surface area contributed by atoms with E-state index < -0.39 is 11.9 Å².